The van der Waals surface area contributed by atoms with E-state index >= 15 is 0 Å². The number of benzene rings is 2. The molecule has 7 nitrogen and oxygen atoms in total. The monoisotopic (exact) mass is 399 g/mol. The van der Waals surface area contributed by atoms with Crippen LogP contribution in [-0.2, 0) is 4.79 Å². The van der Waals surface area contributed by atoms with Gasteiger partial charge < -0.3 is 5.32 Å². The Hall–Kier alpha value is -2.78. The number of amides is 1. The quantitative estimate of drug-likeness (QED) is 0.298. The van der Waals surface area contributed by atoms with Crippen LogP contribution in [0.25, 0.3) is 10.2 Å². The lowest BCUT2D eigenvalue weighted by molar-refractivity contribution is -0.384. The number of non-ortho nitro benzene ring substituents is 1. The van der Waals surface area contributed by atoms with Gasteiger partial charge in [-0.1, -0.05) is 11.8 Å². The zero-order chi connectivity index (χ0) is 19.1. The van der Waals surface area contributed by atoms with E-state index in [0.29, 0.717) is 15.4 Å². The number of hydrogen-bond donors (Lipinski definition) is 1. The molecule has 1 atom stereocenters. The van der Waals surface area contributed by atoms with Gasteiger partial charge in [0.1, 0.15) is 0 Å². The van der Waals surface area contributed by atoms with Gasteiger partial charge in [0.15, 0.2) is 10.1 Å². The van der Waals surface area contributed by atoms with Gasteiger partial charge in [-0.05, 0) is 36.8 Å². The zero-order valence-corrected chi connectivity index (χ0v) is 15.7. The van der Waals surface area contributed by atoms with E-state index in [-0.39, 0.29) is 29.0 Å². The summed E-state index contributed by atoms with van der Waals surface area (Å²) in [5.74, 6) is -0.177. The van der Waals surface area contributed by atoms with Crippen LogP contribution in [0.15, 0.2) is 40.7 Å². The minimum absolute atomic E-state index is 0.0224. The van der Waals surface area contributed by atoms with Crippen molar-refractivity contribution in [2.24, 2.45) is 0 Å². The molecule has 0 aliphatic carbocycles. The highest BCUT2D eigenvalue weighted by atomic mass is 32.2. The lowest BCUT2D eigenvalue weighted by Crippen LogP contribution is -2.08. The first-order valence-electron chi connectivity index (χ1n) is 8.08. The molecule has 1 amide bonds. The van der Waals surface area contributed by atoms with Gasteiger partial charge in [-0.25, -0.2) is 4.98 Å². The lowest BCUT2D eigenvalue weighted by atomic mass is 9.99. The molecule has 2 aromatic carbocycles. The standard InChI is InChI=1S/C18H13N3O4S2/c1-9-12-6-10(2-4-13(12)19-17(9)23)15(22)8-26-18-20-14-5-3-11(21(24)25)7-16(14)27-18/h2-7,9H,8H2,1H3,(H,19,23)/t9-/m1/s1. The van der Waals surface area contributed by atoms with Crippen LogP contribution < -0.4 is 5.32 Å². The largest absolute Gasteiger partial charge is 0.325 e. The molecule has 4 rings (SSSR count). The van der Waals surface area contributed by atoms with Gasteiger partial charge in [0.25, 0.3) is 5.69 Å². The van der Waals surface area contributed by atoms with E-state index in [1.165, 1.54) is 35.2 Å². The van der Waals surface area contributed by atoms with E-state index in [4.69, 9.17) is 0 Å². The highest BCUT2D eigenvalue weighted by Gasteiger charge is 2.27. The average Bonchev–Trinajstić information content (AvgIpc) is 3.19. The number of ketones is 1. The Bertz CT molecular complexity index is 1110. The molecule has 27 heavy (non-hydrogen) atoms. The normalized spacial score (nSPS) is 15.6. The summed E-state index contributed by atoms with van der Waals surface area (Å²) in [4.78, 5) is 39.1. The third-order valence-electron chi connectivity index (χ3n) is 4.38. The molecule has 0 saturated carbocycles. The summed E-state index contributed by atoms with van der Waals surface area (Å²) in [7, 11) is 0. The number of nitrogens with zero attached hydrogens (tertiary/aromatic N) is 2. The number of rotatable bonds is 5. The van der Waals surface area contributed by atoms with Crippen LogP contribution in [0.5, 0.6) is 0 Å². The second kappa shape index (κ2) is 6.75. The summed E-state index contributed by atoms with van der Waals surface area (Å²) in [6.07, 6.45) is 0. The van der Waals surface area contributed by atoms with Crippen molar-refractivity contribution in [3.8, 4) is 0 Å². The van der Waals surface area contributed by atoms with E-state index in [1.54, 1.807) is 24.3 Å². The predicted molar refractivity (Wildman–Crippen MR) is 105 cm³/mol. The number of fused-ring (bicyclic) bond motifs is 2. The van der Waals surface area contributed by atoms with E-state index in [1.807, 2.05) is 6.92 Å². The predicted octanol–water partition coefficient (Wildman–Crippen LogP) is 4.24. The third-order valence-corrected chi connectivity index (χ3v) is 6.54. The van der Waals surface area contributed by atoms with Crippen molar-refractivity contribution < 1.29 is 14.5 Å². The smallest absolute Gasteiger partial charge is 0.270 e. The molecule has 136 valence electrons. The Morgan fingerprint density at radius 2 is 2.15 bits per heavy atom. The minimum atomic E-state index is -0.441. The SMILES string of the molecule is C[C@H]1C(=O)Nc2ccc(C(=O)CSc3nc4ccc([N+](=O)[O-])cc4s3)cc21. The number of nitro benzene ring substituents is 1. The Kier molecular flexibility index (Phi) is 4.40. The van der Waals surface area contributed by atoms with Gasteiger partial charge in [0.2, 0.25) is 5.91 Å². The fourth-order valence-corrected chi connectivity index (χ4v) is 4.86. The number of nitro groups is 1. The molecule has 1 aromatic heterocycles. The number of thiazole rings is 1. The molecule has 1 aliphatic heterocycles. The van der Waals surface area contributed by atoms with Crippen LogP contribution in [0.4, 0.5) is 11.4 Å². The Labute approximate surface area is 161 Å². The van der Waals surface area contributed by atoms with E-state index in [9.17, 15) is 19.7 Å². The van der Waals surface area contributed by atoms with Crippen molar-refractivity contribution in [2.45, 2.75) is 17.2 Å². The van der Waals surface area contributed by atoms with Gasteiger partial charge in [-0.2, -0.15) is 0 Å². The molecule has 0 saturated heterocycles. The molecule has 3 aromatic rings. The van der Waals surface area contributed by atoms with Crippen molar-refractivity contribution in [3.05, 3.63) is 57.6 Å². The number of carbonyl (C=O) groups is 2. The molecular weight excluding hydrogens is 386 g/mol. The molecule has 1 N–H and O–H groups in total. The van der Waals surface area contributed by atoms with Crippen LogP contribution in [0.3, 0.4) is 0 Å². The molecule has 0 bridgehead atoms. The van der Waals surface area contributed by atoms with Crippen LogP contribution in [0.2, 0.25) is 0 Å². The first-order chi connectivity index (χ1) is 12.9. The summed E-state index contributed by atoms with van der Waals surface area (Å²) in [6, 6.07) is 9.75. The topological polar surface area (TPSA) is 102 Å². The fraction of sp³-hybridized carbons (Fsp3) is 0.167. The zero-order valence-electron chi connectivity index (χ0n) is 14.1. The maximum Gasteiger partial charge on any atom is 0.270 e. The number of anilines is 1. The number of hydrogen-bond acceptors (Lipinski definition) is 7. The molecule has 9 heteroatoms. The molecule has 0 spiro atoms. The average molecular weight is 399 g/mol. The highest BCUT2D eigenvalue weighted by molar-refractivity contribution is 8.01. The number of carbonyl (C=O) groups excluding carboxylic acids is 2. The highest BCUT2D eigenvalue weighted by Crippen LogP contribution is 2.34. The second-order valence-corrected chi connectivity index (χ2v) is 8.37. The maximum atomic E-state index is 12.5. The maximum absolute atomic E-state index is 12.5. The summed E-state index contributed by atoms with van der Waals surface area (Å²) in [5, 5.41) is 13.6. The second-order valence-electron chi connectivity index (χ2n) is 6.11. The van der Waals surface area contributed by atoms with Crippen molar-refractivity contribution >= 4 is 56.4 Å². The molecule has 0 fully saturated rings. The lowest BCUT2D eigenvalue weighted by Gasteiger charge is -2.05. The number of thioether (sulfide) groups is 1. The molecule has 0 unspecified atom stereocenters. The summed E-state index contributed by atoms with van der Waals surface area (Å²) < 4.78 is 1.40. The first-order valence-corrected chi connectivity index (χ1v) is 9.88. The summed E-state index contributed by atoms with van der Waals surface area (Å²) in [6.45, 7) is 1.81. The van der Waals surface area contributed by atoms with Crippen LogP contribution in [0.1, 0.15) is 28.8 Å². The van der Waals surface area contributed by atoms with Crippen molar-refractivity contribution in [1.82, 2.24) is 4.98 Å². The van der Waals surface area contributed by atoms with Gasteiger partial charge in [-0.15, -0.1) is 11.3 Å². The van der Waals surface area contributed by atoms with Gasteiger partial charge in [-0.3, -0.25) is 19.7 Å². The first kappa shape index (κ1) is 17.6. The number of Topliss-reactive ketones (excluding diaryl/α,β-unsaturated/α-hetero) is 1. The van der Waals surface area contributed by atoms with Gasteiger partial charge in [0.05, 0.1) is 26.8 Å². The Morgan fingerprint density at radius 1 is 1.33 bits per heavy atom. The van der Waals surface area contributed by atoms with E-state index in [0.717, 1.165) is 16.0 Å². The van der Waals surface area contributed by atoms with Crippen molar-refractivity contribution in [3.63, 3.8) is 0 Å². The molecule has 0 radical (unpaired) electrons. The number of nitrogens with one attached hydrogen (secondary N) is 1. The molecule has 2 heterocycles. The summed E-state index contributed by atoms with van der Waals surface area (Å²) >= 11 is 2.63. The van der Waals surface area contributed by atoms with Crippen LogP contribution in [-0.4, -0.2) is 27.4 Å². The van der Waals surface area contributed by atoms with Gasteiger partial charge in [0, 0.05) is 23.4 Å². The minimum Gasteiger partial charge on any atom is -0.325 e. The molecule has 1 aliphatic rings. The molecular formula is C18H13N3O4S2. The van der Waals surface area contributed by atoms with E-state index in [2.05, 4.69) is 10.3 Å². The Balaban J connectivity index is 1.49. The Morgan fingerprint density at radius 3 is 2.93 bits per heavy atom. The number of aromatic nitrogens is 1. The van der Waals surface area contributed by atoms with Crippen LogP contribution >= 0.6 is 23.1 Å². The third kappa shape index (κ3) is 3.31. The van der Waals surface area contributed by atoms with E-state index < -0.39 is 4.92 Å². The van der Waals surface area contributed by atoms with Gasteiger partial charge >= 0.3 is 0 Å². The summed E-state index contributed by atoms with van der Waals surface area (Å²) in [5.41, 5.74) is 2.85. The van der Waals surface area contributed by atoms with Crippen molar-refractivity contribution in [1.29, 1.82) is 0 Å². The van der Waals surface area contributed by atoms with Crippen molar-refractivity contribution in [2.75, 3.05) is 11.1 Å². The fourth-order valence-electron chi connectivity index (χ4n) is 2.87. The van der Waals surface area contributed by atoms with Crippen LogP contribution in [0, 0.1) is 10.1 Å².